The molecule has 0 bridgehead atoms. The van der Waals surface area contributed by atoms with Crippen molar-refractivity contribution >= 4 is 0 Å². The van der Waals surface area contributed by atoms with Crippen molar-refractivity contribution < 1.29 is 5.11 Å². The minimum atomic E-state index is -0.509. The number of nitrogens with zero attached hydrogens (tertiary/aromatic N) is 3. The third kappa shape index (κ3) is 2.00. The second kappa shape index (κ2) is 5.59. The number of rotatable bonds is 2. The summed E-state index contributed by atoms with van der Waals surface area (Å²) in [4.78, 5) is 2.15. The molecule has 3 aliphatic rings. The Hall–Kier alpha value is -1.10. The maximum atomic E-state index is 9.99. The first-order valence-corrected chi connectivity index (χ1v) is 8.44. The summed E-state index contributed by atoms with van der Waals surface area (Å²) < 4.78 is 0. The first-order valence-electron chi connectivity index (χ1n) is 8.44. The molecule has 0 unspecified atom stereocenters. The molecule has 4 atom stereocenters. The minimum absolute atomic E-state index is 0.0340. The number of aliphatic hydroxyl groups is 1. The van der Waals surface area contributed by atoms with E-state index in [1.54, 1.807) is 0 Å². The van der Waals surface area contributed by atoms with E-state index in [2.05, 4.69) is 17.0 Å². The van der Waals surface area contributed by atoms with Gasteiger partial charge in [-0.25, -0.2) is 0 Å². The molecule has 0 spiro atoms. The number of hydrogen-bond acceptors (Lipinski definition) is 4. The van der Waals surface area contributed by atoms with Gasteiger partial charge in [0.15, 0.2) is 0 Å². The zero-order valence-electron chi connectivity index (χ0n) is 12.7. The van der Waals surface area contributed by atoms with E-state index in [4.69, 9.17) is 0 Å². The summed E-state index contributed by atoms with van der Waals surface area (Å²) in [6.45, 7) is 0.500. The van der Waals surface area contributed by atoms with Crippen LogP contribution in [0, 0.1) is 34.5 Å². The SMILES string of the molecule is N#C[C@]12CCCC[C@H]1C[C@@H]1CCCC[C@@]1(C#N)N2CCO. The zero-order chi connectivity index (χ0) is 14.9. The third-order valence-electron chi connectivity index (χ3n) is 6.31. The molecule has 1 N–H and O–H groups in total. The van der Waals surface area contributed by atoms with Crippen LogP contribution in [0.5, 0.6) is 0 Å². The highest BCUT2D eigenvalue weighted by Gasteiger charge is 2.61. The Morgan fingerprint density at radius 2 is 1.48 bits per heavy atom. The molecule has 0 aromatic heterocycles. The normalized spacial score (nSPS) is 43.2. The molecule has 2 saturated carbocycles. The largest absolute Gasteiger partial charge is 0.395 e. The maximum absolute atomic E-state index is 9.99. The smallest absolute Gasteiger partial charge is 0.113 e. The Morgan fingerprint density at radius 1 is 0.952 bits per heavy atom. The molecule has 1 aliphatic heterocycles. The van der Waals surface area contributed by atoms with Crippen molar-refractivity contribution in [3.63, 3.8) is 0 Å². The van der Waals surface area contributed by atoms with Crippen LogP contribution in [-0.2, 0) is 0 Å². The number of piperidine rings is 1. The number of likely N-dealkylation sites (tertiary alicyclic amines) is 1. The topological polar surface area (TPSA) is 71.0 Å². The van der Waals surface area contributed by atoms with Crippen LogP contribution in [-0.4, -0.2) is 34.2 Å². The lowest BCUT2D eigenvalue weighted by Crippen LogP contribution is -2.71. The van der Waals surface area contributed by atoms with Crippen LogP contribution in [0.4, 0.5) is 0 Å². The number of β-amino-alcohol motifs (C(OH)–C–C–N with tert-alkyl or cyclic N) is 1. The molecule has 0 amide bonds. The van der Waals surface area contributed by atoms with Gasteiger partial charge in [0.25, 0.3) is 0 Å². The van der Waals surface area contributed by atoms with Crippen molar-refractivity contribution in [2.45, 2.75) is 68.9 Å². The maximum Gasteiger partial charge on any atom is 0.113 e. The molecule has 3 rings (SSSR count). The van der Waals surface area contributed by atoms with Crippen LogP contribution in [0.3, 0.4) is 0 Å². The zero-order valence-corrected chi connectivity index (χ0v) is 12.7. The fourth-order valence-corrected chi connectivity index (χ4v) is 5.41. The Morgan fingerprint density at radius 3 is 1.90 bits per heavy atom. The van der Waals surface area contributed by atoms with Gasteiger partial charge in [0.1, 0.15) is 11.1 Å². The van der Waals surface area contributed by atoms with Crippen LogP contribution in [0.25, 0.3) is 0 Å². The first-order chi connectivity index (χ1) is 10.2. The first kappa shape index (κ1) is 14.8. The van der Waals surface area contributed by atoms with Crippen molar-refractivity contribution in [1.29, 1.82) is 10.5 Å². The van der Waals surface area contributed by atoms with Gasteiger partial charge in [-0.3, -0.25) is 4.90 Å². The van der Waals surface area contributed by atoms with E-state index < -0.39 is 11.1 Å². The van der Waals surface area contributed by atoms with Crippen molar-refractivity contribution in [1.82, 2.24) is 4.90 Å². The van der Waals surface area contributed by atoms with Gasteiger partial charge in [-0.05, 0) is 43.9 Å². The quantitative estimate of drug-likeness (QED) is 0.847. The predicted octanol–water partition coefficient (Wildman–Crippen LogP) is 2.59. The fraction of sp³-hybridized carbons (Fsp3) is 0.882. The number of nitriles is 2. The Bertz CT molecular complexity index is 439. The molecule has 4 nitrogen and oxygen atoms in total. The van der Waals surface area contributed by atoms with Crippen LogP contribution in [0.2, 0.25) is 0 Å². The molecule has 114 valence electrons. The molecule has 2 aliphatic carbocycles. The van der Waals surface area contributed by atoms with Gasteiger partial charge in [-0.1, -0.05) is 25.7 Å². The van der Waals surface area contributed by atoms with Gasteiger partial charge in [0, 0.05) is 6.54 Å². The number of hydrogen-bond donors (Lipinski definition) is 1. The third-order valence-corrected chi connectivity index (χ3v) is 6.31. The van der Waals surface area contributed by atoms with E-state index >= 15 is 0 Å². The molecule has 4 heteroatoms. The van der Waals surface area contributed by atoms with Gasteiger partial charge in [0.2, 0.25) is 0 Å². The van der Waals surface area contributed by atoms with Crippen LogP contribution >= 0.6 is 0 Å². The lowest BCUT2D eigenvalue weighted by Gasteiger charge is -2.61. The van der Waals surface area contributed by atoms with Crippen LogP contribution < -0.4 is 0 Å². The molecule has 0 aromatic carbocycles. The summed E-state index contributed by atoms with van der Waals surface area (Å²) in [7, 11) is 0. The Kier molecular flexibility index (Phi) is 3.95. The van der Waals surface area contributed by atoms with Crippen molar-refractivity contribution in [2.24, 2.45) is 11.8 Å². The molecule has 0 aromatic rings. The molecule has 21 heavy (non-hydrogen) atoms. The molecule has 1 heterocycles. The van der Waals surface area contributed by atoms with E-state index in [9.17, 15) is 15.6 Å². The monoisotopic (exact) mass is 287 g/mol. The number of aliphatic hydroxyl groups excluding tert-OH is 1. The van der Waals surface area contributed by atoms with E-state index in [-0.39, 0.29) is 6.61 Å². The second-order valence-corrected chi connectivity index (χ2v) is 7.07. The summed E-state index contributed by atoms with van der Waals surface area (Å²) in [5.74, 6) is 0.764. The van der Waals surface area contributed by atoms with Crippen LogP contribution in [0.15, 0.2) is 0 Å². The number of fused-ring (bicyclic) bond motifs is 2. The van der Waals surface area contributed by atoms with Crippen molar-refractivity contribution in [3.8, 4) is 12.1 Å². The standard InChI is InChI=1S/C17H25N3O/c18-12-16-7-3-1-5-14(16)11-15-6-2-4-8-17(15,13-19)20(16)9-10-21/h14-15,21H,1-11H2/t14-,15-,16-,17+/m0/s1. The highest BCUT2D eigenvalue weighted by molar-refractivity contribution is 5.27. The van der Waals surface area contributed by atoms with E-state index in [0.717, 1.165) is 44.9 Å². The van der Waals surface area contributed by atoms with E-state index in [1.807, 2.05) is 0 Å². The van der Waals surface area contributed by atoms with E-state index in [1.165, 1.54) is 12.8 Å². The highest BCUT2D eigenvalue weighted by Crippen LogP contribution is 2.55. The van der Waals surface area contributed by atoms with E-state index in [0.29, 0.717) is 18.4 Å². The lowest BCUT2D eigenvalue weighted by molar-refractivity contribution is -0.115. The van der Waals surface area contributed by atoms with Gasteiger partial charge >= 0.3 is 0 Å². The van der Waals surface area contributed by atoms with Crippen LogP contribution in [0.1, 0.15) is 57.8 Å². The molecule has 3 fully saturated rings. The molecule has 1 saturated heterocycles. The summed E-state index contributed by atoms with van der Waals surface area (Å²) in [6.07, 6.45) is 9.51. The predicted molar refractivity (Wildman–Crippen MR) is 79.0 cm³/mol. The van der Waals surface area contributed by atoms with Crippen molar-refractivity contribution in [2.75, 3.05) is 13.2 Å². The average molecular weight is 287 g/mol. The minimum Gasteiger partial charge on any atom is -0.395 e. The lowest BCUT2D eigenvalue weighted by atomic mass is 9.57. The summed E-state index contributed by atoms with van der Waals surface area (Å²) in [6, 6.07) is 5.22. The summed E-state index contributed by atoms with van der Waals surface area (Å²) >= 11 is 0. The molecular weight excluding hydrogens is 262 g/mol. The van der Waals surface area contributed by atoms with Gasteiger partial charge in [-0.15, -0.1) is 0 Å². The highest BCUT2D eigenvalue weighted by atomic mass is 16.3. The molecular formula is C17H25N3O. The molecule has 0 radical (unpaired) electrons. The summed E-state index contributed by atoms with van der Waals surface area (Å²) in [5.41, 5.74) is -1.02. The van der Waals surface area contributed by atoms with Gasteiger partial charge in [0.05, 0.1) is 18.7 Å². The fourth-order valence-electron chi connectivity index (χ4n) is 5.41. The van der Waals surface area contributed by atoms with Crippen molar-refractivity contribution in [3.05, 3.63) is 0 Å². The Labute approximate surface area is 127 Å². The Balaban J connectivity index is 2.07. The van der Waals surface area contributed by atoms with Gasteiger partial charge in [-0.2, -0.15) is 10.5 Å². The van der Waals surface area contributed by atoms with Gasteiger partial charge < -0.3 is 5.11 Å². The second-order valence-electron chi connectivity index (χ2n) is 7.07. The average Bonchev–Trinajstić information content (AvgIpc) is 2.54. The summed E-state index contributed by atoms with van der Waals surface area (Å²) in [5, 5.41) is 29.5.